The molecule has 8 heteroatoms. The van der Waals surface area contributed by atoms with Crippen molar-refractivity contribution in [1.82, 2.24) is 15.6 Å². The highest BCUT2D eigenvalue weighted by molar-refractivity contribution is 5.80. The van der Waals surface area contributed by atoms with Crippen molar-refractivity contribution in [1.29, 1.82) is 0 Å². The Morgan fingerprint density at radius 2 is 2.10 bits per heavy atom. The van der Waals surface area contributed by atoms with Crippen molar-refractivity contribution >= 4 is 11.6 Å². The van der Waals surface area contributed by atoms with Gasteiger partial charge in [-0.1, -0.05) is 0 Å². The minimum atomic E-state index is -2.80. The van der Waals surface area contributed by atoms with E-state index in [0.29, 0.717) is 0 Å². The average Bonchev–Trinajstić information content (AvgIpc) is 2.74. The summed E-state index contributed by atoms with van der Waals surface area (Å²) in [6.07, 6.45) is 6.69. The molecule has 1 atom stereocenters. The quantitative estimate of drug-likeness (QED) is 0.534. The molecule has 2 heterocycles. The summed E-state index contributed by atoms with van der Waals surface area (Å²) in [5.74, 6) is 0.962. The smallest absolute Gasteiger partial charge is 0.387 e. The van der Waals surface area contributed by atoms with Crippen LogP contribution in [0.5, 0.6) is 5.75 Å². The van der Waals surface area contributed by atoms with Crippen molar-refractivity contribution in [3.8, 4) is 5.75 Å². The normalized spacial score (nSPS) is 17.2. The highest BCUT2D eigenvalue weighted by Crippen LogP contribution is 2.23. The lowest BCUT2D eigenvalue weighted by Crippen LogP contribution is -2.51. The lowest BCUT2D eigenvalue weighted by atomic mass is 10.0. The molecule has 0 bridgehead atoms. The van der Waals surface area contributed by atoms with Gasteiger partial charge in [-0.2, -0.15) is 8.78 Å². The van der Waals surface area contributed by atoms with Crippen molar-refractivity contribution in [3.05, 3.63) is 53.9 Å². The van der Waals surface area contributed by atoms with Gasteiger partial charge in [0.25, 0.3) is 0 Å². The summed E-state index contributed by atoms with van der Waals surface area (Å²) in [5.41, 5.74) is 3.46. The van der Waals surface area contributed by atoms with Crippen molar-refractivity contribution in [2.75, 3.05) is 31.6 Å². The number of anilines is 1. The maximum atomic E-state index is 12.3. The lowest BCUT2D eigenvalue weighted by molar-refractivity contribution is -0.0498. The van der Waals surface area contributed by atoms with Crippen molar-refractivity contribution in [3.63, 3.8) is 0 Å². The molecular formula is C22H29F2N5O. The number of aliphatic imine (C=N–C) groups is 1. The Morgan fingerprint density at radius 1 is 1.30 bits per heavy atom. The molecule has 1 unspecified atom stereocenters. The molecule has 1 aromatic carbocycles. The number of aromatic nitrogens is 1. The minimum absolute atomic E-state index is 0.175. The van der Waals surface area contributed by atoms with Crippen LogP contribution in [0.15, 0.2) is 47.7 Å². The molecule has 1 fully saturated rings. The first kappa shape index (κ1) is 21.8. The summed E-state index contributed by atoms with van der Waals surface area (Å²) in [5, 5.41) is 6.89. The number of benzene rings is 1. The number of aryl methyl sites for hydroxylation is 1. The van der Waals surface area contributed by atoms with Crippen LogP contribution in [0.2, 0.25) is 0 Å². The van der Waals surface area contributed by atoms with E-state index >= 15 is 0 Å². The number of hydrogen-bond acceptors (Lipinski definition) is 4. The van der Waals surface area contributed by atoms with Gasteiger partial charge in [-0.3, -0.25) is 9.98 Å². The van der Waals surface area contributed by atoms with E-state index in [1.807, 2.05) is 30.6 Å². The monoisotopic (exact) mass is 417 g/mol. The van der Waals surface area contributed by atoms with Gasteiger partial charge in [0.2, 0.25) is 0 Å². The van der Waals surface area contributed by atoms with Crippen molar-refractivity contribution in [2.24, 2.45) is 4.99 Å². The van der Waals surface area contributed by atoms with Gasteiger partial charge in [-0.25, -0.2) is 0 Å². The molecule has 1 aromatic heterocycles. The zero-order chi connectivity index (χ0) is 21.3. The predicted molar refractivity (Wildman–Crippen MR) is 115 cm³/mol. The highest BCUT2D eigenvalue weighted by atomic mass is 19.3. The molecule has 2 N–H and O–H groups in total. The number of pyridine rings is 1. The number of guanidine groups is 1. The Kier molecular flexibility index (Phi) is 7.82. The molecule has 1 aliphatic heterocycles. The topological polar surface area (TPSA) is 61.8 Å². The molecule has 0 amide bonds. The summed E-state index contributed by atoms with van der Waals surface area (Å²) in [6, 6.07) is 9.11. The Labute approximate surface area is 176 Å². The van der Waals surface area contributed by atoms with E-state index < -0.39 is 6.61 Å². The first-order chi connectivity index (χ1) is 14.5. The molecule has 1 aliphatic rings. The number of ether oxygens (including phenoxy) is 1. The number of nitrogens with one attached hydrogen (secondary N) is 2. The summed E-state index contributed by atoms with van der Waals surface area (Å²) >= 11 is 0. The molecule has 3 rings (SSSR count). The van der Waals surface area contributed by atoms with Crippen molar-refractivity contribution < 1.29 is 13.5 Å². The number of nitrogens with zero attached hydrogens (tertiary/aromatic N) is 3. The second-order valence-corrected chi connectivity index (χ2v) is 7.35. The van der Waals surface area contributed by atoms with Crippen LogP contribution in [0.3, 0.4) is 0 Å². The average molecular weight is 418 g/mol. The summed E-state index contributed by atoms with van der Waals surface area (Å²) in [6.45, 7) is 1.80. The molecule has 162 valence electrons. The van der Waals surface area contributed by atoms with E-state index in [2.05, 4.69) is 37.2 Å². The van der Waals surface area contributed by atoms with E-state index in [9.17, 15) is 8.78 Å². The number of halogens is 2. The summed E-state index contributed by atoms with van der Waals surface area (Å²) in [4.78, 5) is 10.7. The SMILES string of the molecule is CN=C(NCCc1ccncc1C)NC1CCCN(c2ccc(OC(F)F)cc2)C1. The van der Waals surface area contributed by atoms with Gasteiger partial charge in [-0.15, -0.1) is 0 Å². The predicted octanol–water partition coefficient (Wildman–Crippen LogP) is 3.37. The molecule has 1 saturated heterocycles. The van der Waals surface area contributed by atoms with Gasteiger partial charge in [0.1, 0.15) is 5.75 Å². The lowest BCUT2D eigenvalue weighted by Gasteiger charge is -2.35. The molecule has 30 heavy (non-hydrogen) atoms. The highest BCUT2D eigenvalue weighted by Gasteiger charge is 2.21. The van der Waals surface area contributed by atoms with Crippen LogP contribution in [-0.2, 0) is 6.42 Å². The fourth-order valence-electron chi connectivity index (χ4n) is 3.65. The number of piperidine rings is 1. The number of hydrogen-bond donors (Lipinski definition) is 2. The Bertz CT molecular complexity index is 829. The van der Waals surface area contributed by atoms with Crippen LogP contribution in [-0.4, -0.2) is 50.3 Å². The van der Waals surface area contributed by atoms with Gasteiger partial charge in [0.15, 0.2) is 5.96 Å². The largest absolute Gasteiger partial charge is 0.435 e. The van der Waals surface area contributed by atoms with E-state index in [0.717, 1.165) is 50.5 Å². The van der Waals surface area contributed by atoms with Gasteiger partial charge in [0, 0.05) is 50.8 Å². The van der Waals surface area contributed by atoms with Gasteiger partial charge >= 0.3 is 6.61 Å². The summed E-state index contributed by atoms with van der Waals surface area (Å²) in [7, 11) is 1.77. The van der Waals surface area contributed by atoms with Crippen LogP contribution < -0.4 is 20.3 Å². The standard InChI is InChI=1S/C22H29F2N5O/c1-16-14-26-11-9-17(16)10-12-27-22(25-2)28-18-4-3-13-29(15-18)19-5-7-20(8-6-19)30-21(23)24/h5-9,11,14,18,21H,3-4,10,12-13,15H2,1-2H3,(H2,25,27,28). The second kappa shape index (κ2) is 10.8. The summed E-state index contributed by atoms with van der Waals surface area (Å²) < 4.78 is 29.1. The third-order valence-electron chi connectivity index (χ3n) is 5.24. The van der Waals surface area contributed by atoms with E-state index in [1.54, 1.807) is 19.2 Å². The van der Waals surface area contributed by atoms with Crippen LogP contribution in [0.25, 0.3) is 0 Å². The number of rotatable bonds is 7. The third kappa shape index (κ3) is 6.30. The second-order valence-electron chi connectivity index (χ2n) is 7.35. The maximum absolute atomic E-state index is 12.3. The number of alkyl halides is 2. The molecule has 6 nitrogen and oxygen atoms in total. The Morgan fingerprint density at radius 3 is 2.80 bits per heavy atom. The van der Waals surface area contributed by atoms with Crippen LogP contribution in [0, 0.1) is 6.92 Å². The van der Waals surface area contributed by atoms with Gasteiger partial charge in [-0.05, 0) is 67.6 Å². The van der Waals surface area contributed by atoms with Crippen LogP contribution in [0.4, 0.5) is 14.5 Å². The molecular weight excluding hydrogens is 388 g/mol. The molecule has 2 aromatic rings. The van der Waals surface area contributed by atoms with Gasteiger partial charge in [0.05, 0.1) is 0 Å². The van der Waals surface area contributed by atoms with Crippen molar-refractivity contribution in [2.45, 2.75) is 38.8 Å². The molecule has 0 aliphatic carbocycles. The minimum Gasteiger partial charge on any atom is -0.435 e. The van der Waals surface area contributed by atoms with Gasteiger partial charge < -0.3 is 20.3 Å². The van der Waals surface area contributed by atoms with Crippen LogP contribution >= 0.6 is 0 Å². The Hall–Kier alpha value is -2.90. The third-order valence-corrected chi connectivity index (χ3v) is 5.24. The van der Waals surface area contributed by atoms with E-state index in [4.69, 9.17) is 0 Å². The molecule has 0 spiro atoms. The zero-order valence-corrected chi connectivity index (χ0v) is 17.4. The maximum Gasteiger partial charge on any atom is 0.387 e. The zero-order valence-electron chi connectivity index (χ0n) is 17.4. The fraction of sp³-hybridized carbons (Fsp3) is 0.455. The fourth-order valence-corrected chi connectivity index (χ4v) is 3.65. The first-order valence-electron chi connectivity index (χ1n) is 10.2. The molecule has 0 saturated carbocycles. The molecule has 0 radical (unpaired) electrons. The first-order valence-corrected chi connectivity index (χ1v) is 10.2. The van der Waals surface area contributed by atoms with Crippen LogP contribution in [0.1, 0.15) is 24.0 Å². The van der Waals surface area contributed by atoms with E-state index in [1.165, 1.54) is 11.1 Å². The Balaban J connectivity index is 1.50. The van der Waals surface area contributed by atoms with E-state index in [-0.39, 0.29) is 11.8 Å².